The van der Waals surface area contributed by atoms with Crippen molar-refractivity contribution >= 4 is 22.6 Å². The van der Waals surface area contributed by atoms with E-state index < -0.39 is 11.7 Å². The van der Waals surface area contributed by atoms with E-state index in [4.69, 9.17) is 9.15 Å². The van der Waals surface area contributed by atoms with Crippen molar-refractivity contribution in [1.29, 1.82) is 0 Å². The van der Waals surface area contributed by atoms with Gasteiger partial charge >= 0.3 is 5.63 Å². The summed E-state index contributed by atoms with van der Waals surface area (Å²) in [5, 5.41) is 3.72. The minimum Gasteiger partial charge on any atom is -0.481 e. The highest BCUT2D eigenvalue weighted by Gasteiger charge is 2.17. The number of fused-ring (bicyclic) bond motifs is 1. The first-order valence-corrected chi connectivity index (χ1v) is 9.26. The Balaban J connectivity index is 1.52. The number of benzene rings is 3. The predicted octanol–water partition coefficient (Wildman–Crippen LogP) is 4.87. The van der Waals surface area contributed by atoms with Crippen LogP contribution in [-0.2, 0) is 4.79 Å². The lowest BCUT2D eigenvalue weighted by atomic mass is 10.0. The second kappa shape index (κ2) is 8.02. The van der Waals surface area contributed by atoms with Gasteiger partial charge < -0.3 is 14.5 Å². The zero-order valence-corrected chi connectivity index (χ0v) is 15.8. The smallest absolute Gasteiger partial charge is 0.336 e. The molecule has 0 aliphatic carbocycles. The number of amides is 1. The molecule has 4 rings (SSSR count). The second-order valence-corrected chi connectivity index (χ2v) is 6.62. The fourth-order valence-corrected chi connectivity index (χ4v) is 3.07. The molecule has 0 aliphatic heterocycles. The number of carbonyl (C=O) groups is 1. The zero-order chi connectivity index (χ0) is 20.2. The van der Waals surface area contributed by atoms with E-state index in [1.807, 2.05) is 54.6 Å². The molecule has 0 fully saturated rings. The van der Waals surface area contributed by atoms with Gasteiger partial charge in [0, 0.05) is 28.8 Å². The number of anilines is 1. The largest absolute Gasteiger partial charge is 0.481 e. The molecule has 0 saturated heterocycles. The maximum absolute atomic E-state index is 12.7. The number of ether oxygens (including phenoxy) is 1. The van der Waals surface area contributed by atoms with Gasteiger partial charge in [0.1, 0.15) is 11.3 Å². The number of carbonyl (C=O) groups excluding carboxylic acids is 1. The summed E-state index contributed by atoms with van der Waals surface area (Å²) in [6.07, 6.45) is -0.744. The van der Waals surface area contributed by atoms with Gasteiger partial charge in [0.05, 0.1) is 0 Å². The molecule has 1 atom stereocenters. The first-order valence-electron chi connectivity index (χ1n) is 9.26. The van der Waals surface area contributed by atoms with Crippen molar-refractivity contribution in [2.45, 2.75) is 13.0 Å². The van der Waals surface area contributed by atoms with E-state index in [9.17, 15) is 9.59 Å². The molecule has 1 amide bonds. The Labute approximate surface area is 167 Å². The standard InChI is InChI=1S/C24H19NO4/c1-16(28-19-13-11-18-12-14-23(26)29-22(18)15-19)24(27)25-21-10-6-5-9-20(21)17-7-3-2-4-8-17/h2-16H,1H3,(H,25,27)/t16-/m0/s1. The number of hydrogen-bond donors (Lipinski definition) is 1. The molecule has 0 bridgehead atoms. The van der Waals surface area contributed by atoms with Gasteiger partial charge in [-0.2, -0.15) is 0 Å². The third-order valence-electron chi connectivity index (χ3n) is 4.55. The molecule has 0 radical (unpaired) electrons. The van der Waals surface area contributed by atoms with Crippen molar-refractivity contribution in [3.63, 3.8) is 0 Å². The van der Waals surface area contributed by atoms with Gasteiger partial charge in [-0.15, -0.1) is 0 Å². The van der Waals surface area contributed by atoms with Crippen LogP contribution in [0.25, 0.3) is 22.1 Å². The Kier molecular flexibility index (Phi) is 5.12. The van der Waals surface area contributed by atoms with E-state index in [2.05, 4.69) is 5.32 Å². The number of rotatable bonds is 5. The first kappa shape index (κ1) is 18.5. The van der Waals surface area contributed by atoms with Gasteiger partial charge in [-0.3, -0.25) is 4.79 Å². The van der Waals surface area contributed by atoms with Gasteiger partial charge in [0.25, 0.3) is 5.91 Å². The third kappa shape index (κ3) is 4.19. The van der Waals surface area contributed by atoms with E-state index in [0.717, 1.165) is 16.5 Å². The van der Waals surface area contributed by atoms with Gasteiger partial charge in [-0.05, 0) is 36.8 Å². The van der Waals surface area contributed by atoms with Crippen LogP contribution in [0.4, 0.5) is 5.69 Å². The molecule has 29 heavy (non-hydrogen) atoms. The maximum atomic E-state index is 12.7. The Bertz CT molecular complexity index is 1210. The molecule has 0 aliphatic rings. The topological polar surface area (TPSA) is 68.5 Å². The van der Waals surface area contributed by atoms with Crippen molar-refractivity contribution in [3.8, 4) is 16.9 Å². The highest BCUT2D eigenvalue weighted by atomic mass is 16.5. The Hall–Kier alpha value is -3.86. The molecule has 3 aromatic carbocycles. The van der Waals surface area contributed by atoms with Gasteiger partial charge in [0.15, 0.2) is 6.10 Å². The summed E-state index contributed by atoms with van der Waals surface area (Å²) in [5.41, 5.74) is 2.64. The lowest BCUT2D eigenvalue weighted by Gasteiger charge is -2.17. The van der Waals surface area contributed by atoms with Gasteiger partial charge in [-0.1, -0.05) is 48.5 Å². The summed E-state index contributed by atoms with van der Waals surface area (Å²) in [7, 11) is 0. The second-order valence-electron chi connectivity index (χ2n) is 6.62. The van der Waals surface area contributed by atoms with Crippen LogP contribution < -0.4 is 15.7 Å². The van der Waals surface area contributed by atoms with Crippen molar-refractivity contribution in [2.75, 3.05) is 5.32 Å². The minimum absolute atomic E-state index is 0.275. The molecular formula is C24H19NO4. The molecule has 1 N–H and O–H groups in total. The number of para-hydroxylation sites is 1. The summed E-state index contributed by atoms with van der Waals surface area (Å²) >= 11 is 0. The molecule has 5 heteroatoms. The van der Waals surface area contributed by atoms with E-state index in [0.29, 0.717) is 17.0 Å². The van der Waals surface area contributed by atoms with Crippen molar-refractivity contribution in [1.82, 2.24) is 0 Å². The van der Waals surface area contributed by atoms with Crippen LogP contribution in [0.5, 0.6) is 5.75 Å². The van der Waals surface area contributed by atoms with Crippen LogP contribution in [0, 0.1) is 0 Å². The van der Waals surface area contributed by atoms with Gasteiger partial charge in [0.2, 0.25) is 0 Å². The summed E-state index contributed by atoms with van der Waals surface area (Å²) in [4.78, 5) is 24.1. The van der Waals surface area contributed by atoms with Crippen molar-refractivity contribution < 1.29 is 13.9 Å². The van der Waals surface area contributed by atoms with Crippen LogP contribution in [0.2, 0.25) is 0 Å². The lowest BCUT2D eigenvalue weighted by molar-refractivity contribution is -0.122. The number of nitrogens with one attached hydrogen (secondary N) is 1. The molecular weight excluding hydrogens is 366 g/mol. The Morgan fingerprint density at radius 1 is 0.931 bits per heavy atom. The molecule has 144 valence electrons. The zero-order valence-electron chi connectivity index (χ0n) is 15.8. The van der Waals surface area contributed by atoms with Crippen molar-refractivity contribution in [2.24, 2.45) is 0 Å². The monoisotopic (exact) mass is 385 g/mol. The molecule has 0 saturated carbocycles. The minimum atomic E-state index is -0.744. The lowest BCUT2D eigenvalue weighted by Crippen LogP contribution is -2.30. The molecule has 0 unspecified atom stereocenters. The SMILES string of the molecule is C[C@H](Oc1ccc2ccc(=O)oc2c1)C(=O)Nc1ccccc1-c1ccccc1. The molecule has 1 heterocycles. The average molecular weight is 385 g/mol. The molecule has 4 aromatic rings. The van der Waals surface area contributed by atoms with Crippen LogP contribution in [-0.4, -0.2) is 12.0 Å². The normalized spacial score (nSPS) is 11.8. The third-order valence-corrected chi connectivity index (χ3v) is 4.55. The summed E-state index contributed by atoms with van der Waals surface area (Å²) < 4.78 is 10.9. The number of hydrogen-bond acceptors (Lipinski definition) is 4. The summed E-state index contributed by atoms with van der Waals surface area (Å²) in [6, 6.07) is 25.7. The van der Waals surface area contributed by atoms with Crippen LogP contribution in [0.3, 0.4) is 0 Å². The average Bonchev–Trinajstić information content (AvgIpc) is 2.74. The van der Waals surface area contributed by atoms with E-state index >= 15 is 0 Å². The first-order chi connectivity index (χ1) is 14.1. The van der Waals surface area contributed by atoms with E-state index in [1.165, 1.54) is 6.07 Å². The summed E-state index contributed by atoms with van der Waals surface area (Å²) in [5.74, 6) is 0.175. The highest BCUT2D eigenvalue weighted by molar-refractivity contribution is 5.98. The van der Waals surface area contributed by atoms with Gasteiger partial charge in [-0.25, -0.2) is 4.79 Å². The Morgan fingerprint density at radius 3 is 2.48 bits per heavy atom. The highest BCUT2D eigenvalue weighted by Crippen LogP contribution is 2.28. The predicted molar refractivity (Wildman–Crippen MR) is 113 cm³/mol. The molecule has 1 aromatic heterocycles. The molecule has 0 spiro atoms. The maximum Gasteiger partial charge on any atom is 0.336 e. The van der Waals surface area contributed by atoms with Crippen molar-refractivity contribution in [3.05, 3.63) is 95.3 Å². The van der Waals surface area contributed by atoms with E-state index in [-0.39, 0.29) is 5.91 Å². The molecule has 5 nitrogen and oxygen atoms in total. The van der Waals surface area contributed by atoms with Crippen LogP contribution in [0.1, 0.15) is 6.92 Å². The van der Waals surface area contributed by atoms with Crippen LogP contribution in [0.15, 0.2) is 94.1 Å². The Morgan fingerprint density at radius 2 is 1.66 bits per heavy atom. The quantitative estimate of drug-likeness (QED) is 0.498. The summed E-state index contributed by atoms with van der Waals surface area (Å²) in [6.45, 7) is 1.67. The fraction of sp³-hybridized carbons (Fsp3) is 0.0833. The fourth-order valence-electron chi connectivity index (χ4n) is 3.07. The van der Waals surface area contributed by atoms with Crippen LogP contribution >= 0.6 is 0 Å². The van der Waals surface area contributed by atoms with E-state index in [1.54, 1.807) is 31.2 Å².